The van der Waals surface area contributed by atoms with Gasteiger partial charge in [-0.05, 0) is 48.5 Å². The van der Waals surface area contributed by atoms with Crippen molar-refractivity contribution < 1.29 is 18.9 Å². The quantitative estimate of drug-likeness (QED) is 0.330. The zero-order chi connectivity index (χ0) is 20.8. The third-order valence-corrected chi connectivity index (χ3v) is 4.10. The Morgan fingerprint density at radius 1 is 1.14 bits per heavy atom. The van der Waals surface area contributed by atoms with E-state index < -0.39 is 10.8 Å². The van der Waals surface area contributed by atoms with Gasteiger partial charge in [-0.15, -0.1) is 0 Å². The molecule has 0 aliphatic rings. The highest BCUT2D eigenvalue weighted by Crippen LogP contribution is 2.33. The molecule has 1 N–H and O–H groups in total. The lowest BCUT2D eigenvalue weighted by Gasteiger charge is -2.04. The highest BCUT2D eigenvalue weighted by molar-refractivity contribution is 6.31. The Balaban J connectivity index is 1.59. The molecule has 0 unspecified atom stereocenters. The van der Waals surface area contributed by atoms with Gasteiger partial charge in [0.05, 0.1) is 16.7 Å². The first-order valence-corrected chi connectivity index (χ1v) is 8.92. The van der Waals surface area contributed by atoms with Crippen LogP contribution in [0.3, 0.4) is 0 Å². The fourth-order valence-corrected chi connectivity index (χ4v) is 2.60. The van der Waals surface area contributed by atoms with Crippen molar-refractivity contribution in [2.75, 3.05) is 6.61 Å². The van der Waals surface area contributed by atoms with E-state index in [9.17, 15) is 14.9 Å². The molecule has 0 fully saturated rings. The summed E-state index contributed by atoms with van der Waals surface area (Å²) in [5.74, 6) is 0.584. The van der Waals surface area contributed by atoms with Crippen molar-refractivity contribution in [1.82, 2.24) is 5.43 Å². The summed E-state index contributed by atoms with van der Waals surface area (Å²) in [6.07, 6.45) is 1.27. The molecule has 0 aliphatic carbocycles. The molecule has 0 radical (unpaired) electrons. The van der Waals surface area contributed by atoms with E-state index in [2.05, 4.69) is 10.5 Å². The maximum Gasteiger partial charge on any atom is 0.281 e. The van der Waals surface area contributed by atoms with Gasteiger partial charge in [-0.25, -0.2) is 5.43 Å². The van der Waals surface area contributed by atoms with Crippen LogP contribution in [0.15, 0.2) is 64.1 Å². The predicted octanol–water partition coefficient (Wildman–Crippen LogP) is 4.69. The average molecular weight is 434 g/mol. The number of carbonyl (C=O) groups is 1. The molecule has 0 aliphatic heterocycles. The van der Waals surface area contributed by atoms with Gasteiger partial charge >= 0.3 is 0 Å². The molecule has 3 aromatic rings. The molecule has 29 heavy (non-hydrogen) atoms. The van der Waals surface area contributed by atoms with Crippen molar-refractivity contribution in [2.45, 2.75) is 0 Å². The van der Waals surface area contributed by atoms with Crippen LogP contribution in [0, 0.1) is 10.1 Å². The van der Waals surface area contributed by atoms with Gasteiger partial charge in [0.1, 0.15) is 17.3 Å². The number of nitro groups is 1. The molecule has 1 aromatic heterocycles. The number of carbonyl (C=O) groups excluding carboxylic acids is 1. The van der Waals surface area contributed by atoms with Crippen LogP contribution in [-0.4, -0.2) is 23.7 Å². The van der Waals surface area contributed by atoms with Crippen molar-refractivity contribution in [2.24, 2.45) is 5.10 Å². The predicted molar refractivity (Wildman–Crippen MR) is 108 cm³/mol. The van der Waals surface area contributed by atoms with Crippen LogP contribution in [0.25, 0.3) is 11.3 Å². The second-order valence-electron chi connectivity index (χ2n) is 5.66. The van der Waals surface area contributed by atoms with Crippen molar-refractivity contribution in [3.05, 3.63) is 80.5 Å². The molecule has 1 heterocycles. The number of hydrogen-bond donors (Lipinski definition) is 1. The Morgan fingerprint density at radius 2 is 1.86 bits per heavy atom. The monoisotopic (exact) mass is 433 g/mol. The van der Waals surface area contributed by atoms with Crippen molar-refractivity contribution in [3.63, 3.8) is 0 Å². The topological polar surface area (TPSA) is 107 Å². The van der Waals surface area contributed by atoms with Gasteiger partial charge in [0.15, 0.2) is 6.61 Å². The van der Waals surface area contributed by atoms with Gasteiger partial charge in [0.2, 0.25) is 0 Å². The Labute approximate surface area is 174 Å². The fourth-order valence-electron chi connectivity index (χ4n) is 2.31. The van der Waals surface area contributed by atoms with Crippen LogP contribution in [0.1, 0.15) is 5.76 Å². The van der Waals surface area contributed by atoms with E-state index in [1.807, 2.05) is 0 Å². The zero-order valence-electron chi connectivity index (χ0n) is 14.7. The van der Waals surface area contributed by atoms with Crippen LogP contribution >= 0.6 is 23.2 Å². The van der Waals surface area contributed by atoms with Crippen LogP contribution in [-0.2, 0) is 4.79 Å². The lowest BCUT2D eigenvalue weighted by molar-refractivity contribution is -0.384. The molecule has 0 bridgehead atoms. The van der Waals surface area contributed by atoms with Crippen molar-refractivity contribution in [1.29, 1.82) is 0 Å². The number of amides is 1. The number of benzene rings is 2. The van der Waals surface area contributed by atoms with Crippen molar-refractivity contribution >= 4 is 41.0 Å². The normalized spacial score (nSPS) is 10.8. The number of nitrogens with zero attached hydrogens (tertiary/aromatic N) is 2. The van der Waals surface area contributed by atoms with E-state index in [1.54, 1.807) is 36.4 Å². The number of nitrogens with one attached hydrogen (secondary N) is 1. The largest absolute Gasteiger partial charge is 0.484 e. The Kier molecular flexibility index (Phi) is 6.48. The molecule has 1 amide bonds. The van der Waals surface area contributed by atoms with E-state index in [-0.39, 0.29) is 28.6 Å². The van der Waals surface area contributed by atoms with Gasteiger partial charge in [-0.1, -0.05) is 23.2 Å². The van der Waals surface area contributed by atoms with Gasteiger partial charge < -0.3 is 9.15 Å². The second kappa shape index (κ2) is 9.22. The van der Waals surface area contributed by atoms with Gasteiger partial charge in [-0.2, -0.15) is 5.10 Å². The van der Waals surface area contributed by atoms with E-state index >= 15 is 0 Å². The molecule has 0 saturated heterocycles. The number of rotatable bonds is 7. The van der Waals surface area contributed by atoms with Crippen LogP contribution in [0.2, 0.25) is 10.0 Å². The molecular weight excluding hydrogens is 421 g/mol. The molecular formula is C19H13Cl2N3O5. The first-order valence-electron chi connectivity index (χ1n) is 8.17. The summed E-state index contributed by atoms with van der Waals surface area (Å²) in [5, 5.41) is 15.8. The minimum absolute atomic E-state index is 0.178. The number of halogens is 2. The zero-order valence-corrected chi connectivity index (χ0v) is 16.2. The molecule has 148 valence electrons. The summed E-state index contributed by atoms with van der Waals surface area (Å²) in [6, 6.07) is 14.0. The third-order valence-electron chi connectivity index (χ3n) is 3.61. The minimum atomic E-state index is -0.543. The molecule has 2 aromatic carbocycles. The van der Waals surface area contributed by atoms with E-state index in [0.29, 0.717) is 16.5 Å². The highest BCUT2D eigenvalue weighted by atomic mass is 35.5. The van der Waals surface area contributed by atoms with Crippen molar-refractivity contribution in [3.8, 4) is 17.1 Å². The molecule has 0 saturated carbocycles. The number of furan rings is 1. The number of hydrazone groups is 1. The maximum atomic E-state index is 11.8. The van der Waals surface area contributed by atoms with Gasteiger partial charge in [-0.3, -0.25) is 14.9 Å². The summed E-state index contributed by atoms with van der Waals surface area (Å²) < 4.78 is 10.8. The lowest BCUT2D eigenvalue weighted by Crippen LogP contribution is -2.24. The van der Waals surface area contributed by atoms with Gasteiger partial charge in [0, 0.05) is 16.1 Å². The summed E-state index contributed by atoms with van der Waals surface area (Å²) in [7, 11) is 0. The average Bonchev–Trinajstić information content (AvgIpc) is 3.16. The van der Waals surface area contributed by atoms with E-state index in [4.69, 9.17) is 32.4 Å². The standard InChI is InChI=1S/C19H13Cl2N3O5/c20-12-1-4-14(5-2-12)28-11-19(25)23-22-10-15-6-8-18(29-15)16-7-3-13(21)9-17(16)24(26)27/h1-10H,11H2,(H,23,25)/b22-10-. The SMILES string of the molecule is O=C(COc1ccc(Cl)cc1)N/N=C\c1ccc(-c2ccc(Cl)cc2[N+](=O)[O-])o1. The van der Waals surface area contributed by atoms with Crippen LogP contribution in [0.5, 0.6) is 5.75 Å². The molecule has 3 rings (SSSR count). The molecule has 10 heteroatoms. The number of ether oxygens (including phenoxy) is 1. The minimum Gasteiger partial charge on any atom is -0.484 e. The first kappa shape index (κ1) is 20.4. The summed E-state index contributed by atoms with van der Waals surface area (Å²) in [6.45, 7) is -0.237. The van der Waals surface area contributed by atoms with Gasteiger partial charge in [0.25, 0.3) is 11.6 Å². The summed E-state index contributed by atoms with van der Waals surface area (Å²) >= 11 is 11.6. The first-order chi connectivity index (χ1) is 13.9. The Bertz CT molecular complexity index is 1060. The van der Waals surface area contributed by atoms with E-state index in [0.717, 1.165) is 0 Å². The Morgan fingerprint density at radius 3 is 2.59 bits per heavy atom. The van der Waals surface area contributed by atoms with Crippen LogP contribution < -0.4 is 10.2 Å². The molecule has 0 atom stereocenters. The summed E-state index contributed by atoms with van der Waals surface area (Å²) in [4.78, 5) is 22.4. The van der Waals surface area contributed by atoms with E-state index in [1.165, 1.54) is 24.4 Å². The maximum absolute atomic E-state index is 11.8. The second-order valence-corrected chi connectivity index (χ2v) is 6.53. The number of hydrogen-bond acceptors (Lipinski definition) is 6. The highest BCUT2D eigenvalue weighted by Gasteiger charge is 2.18. The fraction of sp³-hybridized carbons (Fsp3) is 0.0526. The lowest BCUT2D eigenvalue weighted by atomic mass is 10.1. The molecule has 8 nitrogen and oxygen atoms in total. The number of nitro benzene ring substituents is 1. The Hall–Kier alpha value is -3.36. The molecule has 0 spiro atoms. The third kappa shape index (κ3) is 5.56. The smallest absolute Gasteiger partial charge is 0.281 e. The van der Waals surface area contributed by atoms with Crippen LogP contribution in [0.4, 0.5) is 5.69 Å². The summed E-state index contributed by atoms with van der Waals surface area (Å²) in [5.41, 5.74) is 2.39.